The van der Waals surface area contributed by atoms with Crippen molar-refractivity contribution >= 4 is 8.56 Å². The van der Waals surface area contributed by atoms with Gasteiger partial charge in [-0.15, -0.1) is 0 Å². The minimum atomic E-state index is -6.31. The van der Waals surface area contributed by atoms with Crippen LogP contribution in [0.1, 0.15) is 12.8 Å². The van der Waals surface area contributed by atoms with E-state index in [1.165, 1.54) is 0 Å². The second-order valence-corrected chi connectivity index (χ2v) is 6.47. The zero-order chi connectivity index (χ0) is 14.1. The highest BCUT2D eigenvalue weighted by Gasteiger charge is 2.72. The molecule has 6 N–H and O–H groups in total. The molecule has 0 spiro atoms. The first-order valence-electron chi connectivity index (χ1n) is 4.40. The summed E-state index contributed by atoms with van der Waals surface area (Å²) in [7, 11) is -3.22. The Bertz CT molecular complexity index is 259. The number of hydrogen-bond donors (Lipinski definition) is 3. The molecule has 0 rings (SSSR count). The molecule has 104 valence electrons. The molecule has 0 aliphatic carbocycles. The van der Waals surface area contributed by atoms with Gasteiger partial charge in [-0.05, 0) is 12.5 Å². The van der Waals surface area contributed by atoms with Gasteiger partial charge in [0.05, 0.1) is 0 Å². The molecule has 0 aromatic rings. The molecule has 0 radical (unpaired) electrons. The van der Waals surface area contributed by atoms with Gasteiger partial charge in [0.15, 0.2) is 0 Å². The Morgan fingerprint density at radius 3 is 1.53 bits per heavy atom. The molecule has 0 aromatic heterocycles. The molecule has 0 bridgehead atoms. The van der Waals surface area contributed by atoms with Gasteiger partial charge >= 0.3 is 18.0 Å². The average molecular weight is 287 g/mol. The Labute approximate surface area is 93.4 Å². The second kappa shape index (κ2) is 4.70. The fraction of sp³-hybridized carbons (Fsp3) is 1.00. The van der Waals surface area contributed by atoms with Crippen molar-refractivity contribution in [2.45, 2.75) is 36.9 Å². The van der Waals surface area contributed by atoms with Crippen molar-refractivity contribution in [1.82, 2.24) is 0 Å². The lowest BCUT2D eigenvalue weighted by Crippen LogP contribution is -2.64. The quantitative estimate of drug-likeness (QED) is 0.528. The summed E-state index contributed by atoms with van der Waals surface area (Å²) >= 11 is 0. The maximum atomic E-state index is 12.7. The van der Waals surface area contributed by atoms with E-state index in [1.54, 1.807) is 0 Å². The molecule has 0 aliphatic heterocycles. The molecule has 0 aromatic carbocycles. The van der Waals surface area contributed by atoms with E-state index in [4.69, 9.17) is 16.2 Å². The van der Waals surface area contributed by atoms with Gasteiger partial charge in [0.25, 0.3) is 8.56 Å². The van der Waals surface area contributed by atoms with Crippen molar-refractivity contribution in [2.24, 2.45) is 16.2 Å². The third-order valence-electron chi connectivity index (χ3n) is 1.92. The van der Waals surface area contributed by atoms with Crippen molar-refractivity contribution in [3.63, 3.8) is 0 Å². The van der Waals surface area contributed by atoms with Gasteiger partial charge < -0.3 is 16.2 Å². The first-order valence-corrected chi connectivity index (χ1v) is 6.84. The normalized spacial score (nSPS) is 15.2. The molecular weight excluding hydrogens is 275 g/mol. The van der Waals surface area contributed by atoms with Crippen LogP contribution in [0, 0.1) is 0 Å². The fourth-order valence-corrected chi connectivity index (χ4v) is 1.77. The summed E-state index contributed by atoms with van der Waals surface area (Å²) in [5, 5.41) is 15.3. The second-order valence-electron chi connectivity index (χ2n) is 3.74. The number of alkyl halides is 7. The van der Waals surface area contributed by atoms with E-state index in [0.717, 1.165) is 0 Å². The van der Waals surface area contributed by atoms with E-state index in [0.29, 0.717) is 0 Å². The van der Waals surface area contributed by atoms with Crippen LogP contribution in [-0.4, -0.2) is 26.6 Å². The Balaban J connectivity index is 4.58. The topological polar surface area (TPSA) is 78.1 Å². The highest BCUT2D eigenvalue weighted by Crippen LogP contribution is 2.48. The largest absolute Gasteiger partial charge is 0.459 e. The van der Waals surface area contributed by atoms with Crippen LogP contribution in [0.3, 0.4) is 0 Å². The first kappa shape index (κ1) is 16.6. The Kier molecular flexibility index (Phi) is 4.59. The minimum Gasteiger partial charge on any atom is -0.327 e. The van der Waals surface area contributed by atoms with Crippen LogP contribution in [0.5, 0.6) is 0 Å². The summed E-state index contributed by atoms with van der Waals surface area (Å²) in [6, 6.07) is -0.378. The van der Waals surface area contributed by atoms with E-state index >= 15 is 0 Å². The van der Waals surface area contributed by atoms with E-state index < -0.39 is 39.4 Å². The summed E-state index contributed by atoms with van der Waals surface area (Å²) in [6.45, 7) is 0. The van der Waals surface area contributed by atoms with Gasteiger partial charge in [0.1, 0.15) is 0 Å². The minimum absolute atomic E-state index is 0.378. The highest BCUT2D eigenvalue weighted by atomic mass is 28.4. The molecule has 0 amide bonds. The van der Waals surface area contributed by atoms with Crippen LogP contribution in [0.25, 0.3) is 0 Å². The third-order valence-corrected chi connectivity index (χ3v) is 3.14. The molecule has 0 unspecified atom stereocenters. The van der Waals surface area contributed by atoms with Gasteiger partial charge in [-0.25, -0.2) is 0 Å². The van der Waals surface area contributed by atoms with Crippen molar-refractivity contribution in [2.75, 3.05) is 0 Å². The molecule has 0 heterocycles. The van der Waals surface area contributed by atoms with Gasteiger partial charge in [0, 0.05) is 6.42 Å². The lowest BCUT2D eigenvalue weighted by atomic mass is 10.1. The average Bonchev–Trinajstić information content (AvgIpc) is 1.98. The summed E-state index contributed by atoms with van der Waals surface area (Å²) in [5.74, 6) is -11.3. The monoisotopic (exact) mass is 287 g/mol. The van der Waals surface area contributed by atoms with Crippen LogP contribution in [0.4, 0.5) is 30.7 Å². The maximum Gasteiger partial charge on any atom is 0.459 e. The smallest absolute Gasteiger partial charge is 0.327 e. The Hall–Kier alpha value is -0.393. The van der Waals surface area contributed by atoms with Crippen molar-refractivity contribution < 1.29 is 30.7 Å². The van der Waals surface area contributed by atoms with Crippen molar-refractivity contribution in [3.8, 4) is 0 Å². The van der Waals surface area contributed by atoms with Crippen LogP contribution >= 0.6 is 0 Å². The number of rotatable bonds is 5. The Morgan fingerprint density at radius 1 is 0.824 bits per heavy atom. The molecule has 0 atom stereocenters. The van der Waals surface area contributed by atoms with Crippen LogP contribution in [0.15, 0.2) is 0 Å². The molecule has 0 saturated heterocycles. The van der Waals surface area contributed by atoms with Gasteiger partial charge in [-0.1, -0.05) is 0 Å². The van der Waals surface area contributed by atoms with Crippen molar-refractivity contribution in [1.29, 1.82) is 0 Å². The van der Waals surface area contributed by atoms with E-state index in [1.807, 2.05) is 0 Å². The summed E-state index contributed by atoms with van der Waals surface area (Å²) in [6.07, 6.45) is -8.69. The van der Waals surface area contributed by atoms with Crippen molar-refractivity contribution in [3.05, 3.63) is 0 Å². The lowest BCUT2D eigenvalue weighted by Gasteiger charge is -2.28. The number of nitrogens with two attached hydrogens (primary N) is 3. The number of halogens is 7. The van der Waals surface area contributed by atoms with Gasteiger partial charge in [-0.3, -0.25) is 0 Å². The molecule has 0 fully saturated rings. The predicted molar refractivity (Wildman–Crippen MR) is 48.3 cm³/mol. The fourth-order valence-electron chi connectivity index (χ4n) is 0.981. The van der Waals surface area contributed by atoms with Crippen LogP contribution in [-0.2, 0) is 0 Å². The molecule has 17 heavy (non-hydrogen) atoms. The molecule has 0 aliphatic rings. The molecular formula is C6H12F7N3Si. The van der Waals surface area contributed by atoms with E-state index in [9.17, 15) is 30.7 Å². The molecule has 0 saturated carbocycles. The van der Waals surface area contributed by atoms with Crippen LogP contribution < -0.4 is 16.2 Å². The summed E-state index contributed by atoms with van der Waals surface area (Å²) in [5.41, 5.74) is 0. The lowest BCUT2D eigenvalue weighted by molar-refractivity contribution is -0.355. The SMILES string of the molecule is N[Si](N)(N)CCCC(F)(F)C(F)(F)C(F)(F)F. The third kappa shape index (κ3) is 4.41. The maximum absolute atomic E-state index is 12.7. The van der Waals surface area contributed by atoms with E-state index in [-0.39, 0.29) is 6.04 Å². The number of hydrogen-bond acceptors (Lipinski definition) is 3. The Morgan fingerprint density at radius 2 is 1.24 bits per heavy atom. The summed E-state index contributed by atoms with van der Waals surface area (Å²) < 4.78 is 85.2. The first-order chi connectivity index (χ1) is 7.21. The molecule has 3 nitrogen and oxygen atoms in total. The molecule has 11 heteroatoms. The van der Waals surface area contributed by atoms with E-state index in [2.05, 4.69) is 0 Å². The van der Waals surface area contributed by atoms with Gasteiger partial charge in [-0.2, -0.15) is 30.7 Å². The zero-order valence-electron chi connectivity index (χ0n) is 8.50. The standard InChI is InChI=1S/C6H12F7N3Si/c7-4(8,2-1-3-17(14,15)16)5(9,10)6(11,12)13/h1-3,14-16H2. The highest BCUT2D eigenvalue weighted by molar-refractivity contribution is 6.70. The van der Waals surface area contributed by atoms with Crippen LogP contribution in [0.2, 0.25) is 6.04 Å². The predicted octanol–water partition coefficient (Wildman–Crippen LogP) is 1.41. The summed E-state index contributed by atoms with van der Waals surface area (Å²) in [4.78, 5) is 0. The zero-order valence-corrected chi connectivity index (χ0v) is 9.50. The van der Waals surface area contributed by atoms with Gasteiger partial charge in [0.2, 0.25) is 0 Å².